The number of nitrogens with two attached hydrogens (primary N) is 1. The van der Waals surface area contributed by atoms with Gasteiger partial charge in [0, 0.05) is 24.7 Å². The number of hydrogen-bond donors (Lipinski definition) is 3. The monoisotopic (exact) mass is 444 g/mol. The highest BCUT2D eigenvalue weighted by molar-refractivity contribution is 5.90. The zero-order chi connectivity index (χ0) is 23.6. The van der Waals surface area contributed by atoms with Gasteiger partial charge in [0.2, 0.25) is 11.8 Å². The van der Waals surface area contributed by atoms with E-state index >= 15 is 0 Å². The minimum atomic E-state index is -0.750. The lowest BCUT2D eigenvalue weighted by Gasteiger charge is -2.25. The van der Waals surface area contributed by atoms with Crippen molar-refractivity contribution in [2.45, 2.75) is 44.8 Å². The van der Waals surface area contributed by atoms with E-state index in [0.717, 1.165) is 16.8 Å². The van der Waals surface area contributed by atoms with Gasteiger partial charge in [0.05, 0.1) is 12.1 Å². The summed E-state index contributed by atoms with van der Waals surface area (Å²) in [6.45, 7) is 3.77. The van der Waals surface area contributed by atoms with Crippen LogP contribution in [0.2, 0.25) is 0 Å². The normalized spacial score (nSPS) is 13.7. The molecule has 3 rings (SSSR count). The van der Waals surface area contributed by atoms with E-state index in [-0.39, 0.29) is 23.8 Å². The standard InChI is InChI=1S/C27H32N4O2/c1-19(2)25(28)27(33)31-24(17-20-11-5-3-6-12-20)26(32)30-23(21-13-7-4-8-14-21)18-22-15-9-10-16-29-22/h3-16,19,23-25H,17-18,28H2,1-2H3,(H,30,32)(H,31,33). The summed E-state index contributed by atoms with van der Waals surface area (Å²) < 4.78 is 0. The van der Waals surface area contributed by atoms with Gasteiger partial charge >= 0.3 is 0 Å². The SMILES string of the molecule is CC(C)C(N)C(=O)NC(Cc1ccccc1)C(=O)NC(Cc1ccccn1)c1ccccc1. The lowest BCUT2D eigenvalue weighted by molar-refractivity contribution is -0.130. The molecule has 172 valence electrons. The number of pyridine rings is 1. The Morgan fingerprint density at radius 2 is 1.45 bits per heavy atom. The van der Waals surface area contributed by atoms with Gasteiger partial charge < -0.3 is 16.4 Å². The van der Waals surface area contributed by atoms with Crippen molar-refractivity contribution in [2.24, 2.45) is 11.7 Å². The van der Waals surface area contributed by atoms with Crippen molar-refractivity contribution < 1.29 is 9.59 Å². The molecule has 33 heavy (non-hydrogen) atoms. The highest BCUT2D eigenvalue weighted by atomic mass is 16.2. The summed E-state index contributed by atoms with van der Waals surface area (Å²) >= 11 is 0. The summed E-state index contributed by atoms with van der Waals surface area (Å²) in [6, 6.07) is 23.4. The van der Waals surface area contributed by atoms with E-state index in [2.05, 4.69) is 15.6 Å². The molecule has 3 unspecified atom stereocenters. The average molecular weight is 445 g/mol. The van der Waals surface area contributed by atoms with Gasteiger partial charge in [-0.2, -0.15) is 0 Å². The average Bonchev–Trinajstić information content (AvgIpc) is 2.84. The Morgan fingerprint density at radius 3 is 2.06 bits per heavy atom. The van der Waals surface area contributed by atoms with Gasteiger partial charge in [-0.15, -0.1) is 0 Å². The minimum Gasteiger partial charge on any atom is -0.347 e. The predicted molar refractivity (Wildman–Crippen MR) is 130 cm³/mol. The highest BCUT2D eigenvalue weighted by Gasteiger charge is 2.27. The van der Waals surface area contributed by atoms with Gasteiger partial charge in [0.15, 0.2) is 0 Å². The molecule has 0 aliphatic carbocycles. The van der Waals surface area contributed by atoms with Crippen molar-refractivity contribution >= 4 is 11.8 Å². The third kappa shape index (κ3) is 7.26. The van der Waals surface area contributed by atoms with Gasteiger partial charge in [0.25, 0.3) is 0 Å². The maximum atomic E-state index is 13.5. The van der Waals surface area contributed by atoms with Crippen molar-refractivity contribution in [1.82, 2.24) is 15.6 Å². The molecular formula is C27H32N4O2. The van der Waals surface area contributed by atoms with Gasteiger partial charge in [-0.1, -0.05) is 80.6 Å². The molecule has 0 fully saturated rings. The summed E-state index contributed by atoms with van der Waals surface area (Å²) in [7, 11) is 0. The Morgan fingerprint density at radius 1 is 0.818 bits per heavy atom. The number of carbonyl (C=O) groups is 2. The molecule has 2 amide bonds. The van der Waals surface area contributed by atoms with Crippen molar-refractivity contribution in [3.63, 3.8) is 0 Å². The molecule has 6 nitrogen and oxygen atoms in total. The molecule has 3 atom stereocenters. The lowest BCUT2D eigenvalue weighted by atomic mass is 9.99. The van der Waals surface area contributed by atoms with E-state index in [9.17, 15) is 9.59 Å². The summed E-state index contributed by atoms with van der Waals surface area (Å²) in [4.78, 5) is 30.6. The Balaban J connectivity index is 1.82. The summed E-state index contributed by atoms with van der Waals surface area (Å²) in [5.74, 6) is -0.623. The molecule has 0 spiro atoms. The van der Waals surface area contributed by atoms with Crippen molar-refractivity contribution in [3.8, 4) is 0 Å². The van der Waals surface area contributed by atoms with Crippen LogP contribution in [0.25, 0.3) is 0 Å². The number of rotatable bonds is 10. The molecular weight excluding hydrogens is 412 g/mol. The van der Waals surface area contributed by atoms with Gasteiger partial charge in [-0.05, 0) is 29.2 Å². The number of aromatic nitrogens is 1. The minimum absolute atomic E-state index is 0.0355. The fraction of sp³-hybridized carbons (Fsp3) is 0.296. The zero-order valence-electron chi connectivity index (χ0n) is 19.1. The van der Waals surface area contributed by atoms with Crippen LogP contribution in [0.15, 0.2) is 85.1 Å². The molecule has 6 heteroatoms. The zero-order valence-corrected chi connectivity index (χ0v) is 19.1. The maximum Gasteiger partial charge on any atom is 0.243 e. The topological polar surface area (TPSA) is 97.1 Å². The molecule has 3 aromatic rings. The van der Waals surface area contributed by atoms with E-state index in [1.807, 2.05) is 92.7 Å². The molecule has 1 heterocycles. The van der Waals surface area contributed by atoms with Crippen LogP contribution in [0.1, 0.15) is 36.7 Å². The fourth-order valence-corrected chi connectivity index (χ4v) is 3.57. The van der Waals surface area contributed by atoms with E-state index in [1.165, 1.54) is 0 Å². The highest BCUT2D eigenvalue weighted by Crippen LogP contribution is 2.18. The first-order valence-corrected chi connectivity index (χ1v) is 11.3. The summed E-state index contributed by atoms with van der Waals surface area (Å²) in [6.07, 6.45) is 2.65. The van der Waals surface area contributed by atoms with Crippen LogP contribution >= 0.6 is 0 Å². The van der Waals surface area contributed by atoms with Crippen LogP contribution in [0.3, 0.4) is 0 Å². The van der Waals surface area contributed by atoms with Gasteiger partial charge in [-0.25, -0.2) is 0 Å². The quantitative estimate of drug-likeness (QED) is 0.447. The number of nitrogens with one attached hydrogen (secondary N) is 2. The maximum absolute atomic E-state index is 13.5. The molecule has 0 saturated heterocycles. The molecule has 1 aromatic heterocycles. The Hall–Kier alpha value is -3.51. The smallest absolute Gasteiger partial charge is 0.243 e. The molecule has 4 N–H and O–H groups in total. The molecule has 0 saturated carbocycles. The second-order valence-electron chi connectivity index (χ2n) is 8.52. The first kappa shape index (κ1) is 24.1. The fourth-order valence-electron chi connectivity index (χ4n) is 3.57. The van der Waals surface area contributed by atoms with Gasteiger partial charge in [-0.3, -0.25) is 14.6 Å². The van der Waals surface area contributed by atoms with Crippen LogP contribution in [0.4, 0.5) is 0 Å². The van der Waals surface area contributed by atoms with Crippen LogP contribution in [0, 0.1) is 5.92 Å². The first-order valence-electron chi connectivity index (χ1n) is 11.3. The van der Waals surface area contributed by atoms with E-state index in [1.54, 1.807) is 6.20 Å². The lowest BCUT2D eigenvalue weighted by Crippen LogP contribution is -2.54. The second kappa shape index (κ2) is 11.9. The van der Waals surface area contributed by atoms with Crippen LogP contribution in [-0.2, 0) is 22.4 Å². The molecule has 2 aromatic carbocycles. The first-order chi connectivity index (χ1) is 15.9. The van der Waals surface area contributed by atoms with Crippen LogP contribution < -0.4 is 16.4 Å². The Kier molecular flexibility index (Phi) is 8.72. The van der Waals surface area contributed by atoms with E-state index in [0.29, 0.717) is 12.8 Å². The number of hydrogen-bond acceptors (Lipinski definition) is 4. The number of carbonyl (C=O) groups excluding carboxylic acids is 2. The number of benzene rings is 2. The number of nitrogens with zero attached hydrogens (tertiary/aromatic N) is 1. The molecule has 0 radical (unpaired) electrons. The second-order valence-corrected chi connectivity index (χ2v) is 8.52. The van der Waals surface area contributed by atoms with Crippen LogP contribution in [-0.4, -0.2) is 28.9 Å². The van der Waals surface area contributed by atoms with E-state index in [4.69, 9.17) is 5.73 Å². The number of amides is 2. The Bertz CT molecular complexity index is 1010. The third-order valence-corrected chi connectivity index (χ3v) is 5.59. The largest absolute Gasteiger partial charge is 0.347 e. The van der Waals surface area contributed by atoms with Crippen molar-refractivity contribution in [2.75, 3.05) is 0 Å². The Labute approximate surface area is 195 Å². The van der Waals surface area contributed by atoms with Crippen LogP contribution in [0.5, 0.6) is 0 Å². The molecule has 0 aliphatic heterocycles. The molecule has 0 bridgehead atoms. The van der Waals surface area contributed by atoms with Crippen molar-refractivity contribution in [1.29, 1.82) is 0 Å². The molecule has 0 aliphatic rings. The van der Waals surface area contributed by atoms with Crippen molar-refractivity contribution in [3.05, 3.63) is 102 Å². The summed E-state index contributed by atoms with van der Waals surface area (Å²) in [5.41, 5.74) is 8.84. The van der Waals surface area contributed by atoms with E-state index < -0.39 is 12.1 Å². The van der Waals surface area contributed by atoms with Gasteiger partial charge in [0.1, 0.15) is 6.04 Å². The predicted octanol–water partition coefficient (Wildman–Crippen LogP) is 3.19. The summed E-state index contributed by atoms with van der Waals surface area (Å²) in [5, 5.41) is 6.02. The third-order valence-electron chi connectivity index (χ3n) is 5.59.